The van der Waals surface area contributed by atoms with E-state index in [2.05, 4.69) is 11.8 Å². The van der Waals surface area contributed by atoms with Gasteiger partial charge in [0, 0.05) is 5.56 Å². The van der Waals surface area contributed by atoms with Crippen molar-refractivity contribution in [3.05, 3.63) is 23.8 Å². The highest BCUT2D eigenvalue weighted by Gasteiger charge is 2.14. The first-order valence-corrected chi connectivity index (χ1v) is 8.64. The summed E-state index contributed by atoms with van der Waals surface area (Å²) >= 11 is 0. The normalized spacial score (nSPS) is 15.6. The summed E-state index contributed by atoms with van der Waals surface area (Å²) in [5.74, 6) is 2.26. The molecule has 4 nitrogen and oxygen atoms in total. The zero-order valence-corrected chi connectivity index (χ0v) is 15.9. The summed E-state index contributed by atoms with van der Waals surface area (Å²) in [4.78, 5) is 14.0. The molecule has 0 aliphatic carbocycles. The van der Waals surface area contributed by atoms with Gasteiger partial charge in [-0.05, 0) is 76.4 Å². The predicted molar refractivity (Wildman–Crippen MR) is 99.8 cm³/mol. The highest BCUT2D eigenvalue weighted by atomic mass is 35.5. The van der Waals surface area contributed by atoms with Crippen molar-refractivity contribution in [3.63, 3.8) is 0 Å². The molecule has 0 atom stereocenters. The van der Waals surface area contributed by atoms with Gasteiger partial charge in [0.05, 0.1) is 13.7 Å². The number of carbonyl (C=O) groups is 1. The van der Waals surface area contributed by atoms with Gasteiger partial charge in [-0.3, -0.25) is 4.79 Å². The van der Waals surface area contributed by atoms with Crippen molar-refractivity contribution >= 4 is 18.2 Å². The SMILES string of the molecule is COc1cc(C(C)=O)ccc1OCCCCN1CCC(C)CC1.Cl. The van der Waals surface area contributed by atoms with Crippen molar-refractivity contribution in [2.24, 2.45) is 5.92 Å². The second-order valence-electron chi connectivity index (χ2n) is 6.50. The fourth-order valence-corrected chi connectivity index (χ4v) is 2.91. The monoisotopic (exact) mass is 355 g/mol. The third-order valence-corrected chi connectivity index (χ3v) is 4.57. The number of benzene rings is 1. The Morgan fingerprint density at radius 1 is 1.21 bits per heavy atom. The molecular formula is C19H30ClNO3. The zero-order valence-electron chi connectivity index (χ0n) is 15.0. The van der Waals surface area contributed by atoms with Crippen LogP contribution in [0.1, 0.15) is 49.9 Å². The quantitative estimate of drug-likeness (QED) is 0.517. The Balaban J connectivity index is 0.00000288. The molecule has 1 aliphatic rings. The first kappa shape index (κ1) is 20.8. The van der Waals surface area contributed by atoms with Gasteiger partial charge in [0.25, 0.3) is 0 Å². The largest absolute Gasteiger partial charge is 0.493 e. The van der Waals surface area contributed by atoms with Crippen molar-refractivity contribution in [3.8, 4) is 11.5 Å². The molecule has 2 rings (SSSR count). The Hall–Kier alpha value is -1.26. The van der Waals surface area contributed by atoms with Crippen molar-refractivity contribution in [2.75, 3.05) is 33.4 Å². The molecule has 0 N–H and O–H groups in total. The summed E-state index contributed by atoms with van der Waals surface area (Å²) in [6.45, 7) is 8.22. The van der Waals surface area contributed by atoms with Crippen LogP contribution in [0.2, 0.25) is 0 Å². The number of nitrogens with zero attached hydrogens (tertiary/aromatic N) is 1. The number of Topliss-reactive ketones (excluding diaryl/α,β-unsaturated/α-hetero) is 1. The molecule has 0 amide bonds. The smallest absolute Gasteiger partial charge is 0.161 e. The number of ketones is 1. The van der Waals surface area contributed by atoms with Crippen LogP contribution in [0, 0.1) is 5.92 Å². The van der Waals surface area contributed by atoms with Crippen LogP contribution in [-0.2, 0) is 0 Å². The third-order valence-electron chi connectivity index (χ3n) is 4.57. The van der Waals surface area contributed by atoms with Crippen LogP contribution >= 0.6 is 12.4 Å². The summed E-state index contributed by atoms with van der Waals surface area (Å²) < 4.78 is 11.1. The van der Waals surface area contributed by atoms with Crippen LogP contribution in [0.3, 0.4) is 0 Å². The van der Waals surface area contributed by atoms with Crippen molar-refractivity contribution < 1.29 is 14.3 Å². The Morgan fingerprint density at radius 3 is 2.54 bits per heavy atom. The summed E-state index contributed by atoms with van der Waals surface area (Å²) in [7, 11) is 1.60. The van der Waals surface area contributed by atoms with Crippen LogP contribution in [0.5, 0.6) is 11.5 Å². The van der Waals surface area contributed by atoms with E-state index in [4.69, 9.17) is 9.47 Å². The average Bonchev–Trinajstić information content (AvgIpc) is 2.56. The van der Waals surface area contributed by atoms with Gasteiger partial charge in [-0.2, -0.15) is 0 Å². The van der Waals surface area contributed by atoms with E-state index < -0.39 is 0 Å². The minimum absolute atomic E-state index is 0. The number of hydrogen-bond donors (Lipinski definition) is 0. The molecule has 1 fully saturated rings. The summed E-state index contributed by atoms with van der Waals surface area (Å²) in [6.07, 6.45) is 4.85. The van der Waals surface area contributed by atoms with E-state index in [1.165, 1.54) is 25.9 Å². The first-order chi connectivity index (χ1) is 11.1. The maximum atomic E-state index is 11.4. The van der Waals surface area contributed by atoms with E-state index in [-0.39, 0.29) is 18.2 Å². The number of piperidine rings is 1. The van der Waals surface area contributed by atoms with Gasteiger partial charge >= 0.3 is 0 Å². The van der Waals surface area contributed by atoms with Crippen LogP contribution in [-0.4, -0.2) is 44.0 Å². The highest BCUT2D eigenvalue weighted by molar-refractivity contribution is 5.94. The molecule has 1 aromatic carbocycles. The third kappa shape index (κ3) is 6.33. The molecule has 1 saturated heterocycles. The molecule has 5 heteroatoms. The number of likely N-dealkylation sites (tertiary alicyclic amines) is 1. The van der Waals surface area contributed by atoms with Crippen molar-refractivity contribution in [2.45, 2.75) is 39.5 Å². The lowest BCUT2D eigenvalue weighted by molar-refractivity contribution is 0.101. The lowest BCUT2D eigenvalue weighted by Crippen LogP contribution is -2.33. The maximum absolute atomic E-state index is 11.4. The molecule has 0 unspecified atom stereocenters. The highest BCUT2D eigenvalue weighted by Crippen LogP contribution is 2.28. The van der Waals surface area contributed by atoms with Crippen LogP contribution in [0.15, 0.2) is 18.2 Å². The fourth-order valence-electron chi connectivity index (χ4n) is 2.91. The molecule has 0 spiro atoms. The van der Waals surface area contributed by atoms with E-state index in [1.807, 2.05) is 6.07 Å². The topological polar surface area (TPSA) is 38.8 Å². The number of carbonyl (C=O) groups excluding carboxylic acids is 1. The van der Waals surface area contributed by atoms with E-state index >= 15 is 0 Å². The van der Waals surface area contributed by atoms with Crippen LogP contribution in [0.25, 0.3) is 0 Å². The fraction of sp³-hybridized carbons (Fsp3) is 0.632. The van der Waals surface area contributed by atoms with Gasteiger partial charge in [0.1, 0.15) is 0 Å². The Morgan fingerprint density at radius 2 is 1.92 bits per heavy atom. The number of methoxy groups -OCH3 is 1. The number of ether oxygens (including phenoxy) is 2. The predicted octanol–water partition coefficient (Wildman–Crippen LogP) is 4.21. The Bertz CT molecular complexity index is 513. The molecule has 1 aromatic rings. The molecule has 136 valence electrons. The van der Waals surface area contributed by atoms with Crippen molar-refractivity contribution in [1.29, 1.82) is 0 Å². The molecule has 1 aliphatic heterocycles. The second kappa shape index (κ2) is 10.6. The molecule has 0 aromatic heterocycles. The molecule has 0 radical (unpaired) electrons. The second-order valence-corrected chi connectivity index (χ2v) is 6.50. The van der Waals surface area contributed by atoms with Gasteiger partial charge < -0.3 is 14.4 Å². The van der Waals surface area contributed by atoms with Gasteiger partial charge in [0.2, 0.25) is 0 Å². The minimum atomic E-state index is 0. The lowest BCUT2D eigenvalue weighted by atomic mass is 9.99. The summed E-state index contributed by atoms with van der Waals surface area (Å²) in [6, 6.07) is 5.35. The summed E-state index contributed by atoms with van der Waals surface area (Å²) in [5.41, 5.74) is 0.647. The lowest BCUT2D eigenvalue weighted by Gasteiger charge is -2.30. The van der Waals surface area contributed by atoms with Gasteiger partial charge in [-0.25, -0.2) is 0 Å². The number of halogens is 1. The van der Waals surface area contributed by atoms with Gasteiger partial charge in [0.15, 0.2) is 17.3 Å². The van der Waals surface area contributed by atoms with Gasteiger partial charge in [-0.15, -0.1) is 12.4 Å². The molecule has 0 saturated carbocycles. The standard InChI is InChI=1S/C19H29NO3.ClH/c1-15-8-11-20(12-9-15)10-4-5-13-23-18-7-6-17(16(2)21)14-19(18)22-3;/h6-7,14-15H,4-5,8-13H2,1-3H3;1H. The molecule has 0 bridgehead atoms. The number of rotatable bonds is 8. The summed E-state index contributed by atoms with van der Waals surface area (Å²) in [5, 5.41) is 0. The number of hydrogen-bond acceptors (Lipinski definition) is 4. The number of unbranched alkanes of at least 4 members (excludes halogenated alkanes) is 1. The molecule has 24 heavy (non-hydrogen) atoms. The zero-order chi connectivity index (χ0) is 16.7. The Kier molecular flexibility index (Phi) is 9.16. The molecular weight excluding hydrogens is 326 g/mol. The minimum Gasteiger partial charge on any atom is -0.493 e. The van der Waals surface area contributed by atoms with E-state index in [0.29, 0.717) is 23.7 Å². The average molecular weight is 356 g/mol. The van der Waals surface area contributed by atoms with Crippen LogP contribution < -0.4 is 9.47 Å². The van der Waals surface area contributed by atoms with Crippen LogP contribution in [0.4, 0.5) is 0 Å². The maximum Gasteiger partial charge on any atom is 0.161 e. The van der Waals surface area contributed by atoms with E-state index in [9.17, 15) is 4.79 Å². The Labute approximate surface area is 151 Å². The van der Waals surface area contributed by atoms with Crippen molar-refractivity contribution in [1.82, 2.24) is 4.90 Å². The first-order valence-electron chi connectivity index (χ1n) is 8.64. The van der Waals surface area contributed by atoms with E-state index in [1.54, 1.807) is 26.2 Å². The van der Waals surface area contributed by atoms with E-state index in [0.717, 1.165) is 25.3 Å². The molecule has 1 heterocycles. The van der Waals surface area contributed by atoms with Gasteiger partial charge in [-0.1, -0.05) is 6.92 Å².